The number of hydrogen-bond acceptors (Lipinski definition) is 6. The van der Waals surface area contributed by atoms with Crippen molar-refractivity contribution < 1.29 is 4.79 Å². The molecule has 8 nitrogen and oxygen atoms in total. The maximum absolute atomic E-state index is 12.9. The van der Waals surface area contributed by atoms with Crippen LogP contribution in [-0.2, 0) is 0 Å². The first-order valence-corrected chi connectivity index (χ1v) is 11.7. The number of halogens is 1. The molecule has 2 heterocycles. The van der Waals surface area contributed by atoms with Crippen molar-refractivity contribution in [2.75, 3.05) is 29.9 Å². The average Bonchev–Trinajstić information content (AvgIpc) is 2.93. The third-order valence-electron chi connectivity index (χ3n) is 6.41. The minimum absolute atomic E-state index is 0. The van der Waals surface area contributed by atoms with Crippen LogP contribution in [0.4, 0.5) is 16.3 Å². The fourth-order valence-corrected chi connectivity index (χ4v) is 4.51. The van der Waals surface area contributed by atoms with Crippen molar-refractivity contribution in [3.05, 3.63) is 83.9 Å². The molecule has 3 aromatic carbocycles. The van der Waals surface area contributed by atoms with Gasteiger partial charge in [0.2, 0.25) is 0 Å². The van der Waals surface area contributed by atoms with Gasteiger partial charge in [0, 0.05) is 47.7 Å². The second-order valence-electron chi connectivity index (χ2n) is 8.71. The van der Waals surface area contributed by atoms with Crippen LogP contribution in [0.25, 0.3) is 22.0 Å². The van der Waals surface area contributed by atoms with Crippen LogP contribution in [0.2, 0.25) is 0 Å². The molecule has 5 rings (SSSR count). The monoisotopic (exact) mass is 509 g/mol. The van der Waals surface area contributed by atoms with E-state index in [1.807, 2.05) is 48.2 Å². The topological polar surface area (TPSA) is 109 Å². The van der Waals surface area contributed by atoms with Crippen molar-refractivity contribution in [3.8, 4) is 23.4 Å². The molecule has 1 aromatic heterocycles. The number of carbonyl (C=O) groups is 1. The van der Waals surface area contributed by atoms with Crippen LogP contribution < -0.4 is 10.2 Å². The SMILES string of the molecule is CC1CN(c2nnc(-c3ccc(C#N)cc3)c3ccccc23)CCN1C(=O)Nc1ccc(C#N)cc1.Cl. The molecule has 37 heavy (non-hydrogen) atoms. The van der Waals surface area contributed by atoms with Gasteiger partial charge in [-0.25, -0.2) is 4.79 Å². The molecule has 0 saturated carbocycles. The summed E-state index contributed by atoms with van der Waals surface area (Å²) in [6.07, 6.45) is 0. The Morgan fingerprint density at radius 3 is 2.14 bits per heavy atom. The van der Waals surface area contributed by atoms with E-state index in [0.717, 1.165) is 27.8 Å². The van der Waals surface area contributed by atoms with Crippen molar-refractivity contribution >= 4 is 40.7 Å². The van der Waals surface area contributed by atoms with Gasteiger partial charge >= 0.3 is 6.03 Å². The second-order valence-corrected chi connectivity index (χ2v) is 8.71. The van der Waals surface area contributed by atoms with Crippen molar-refractivity contribution in [1.82, 2.24) is 15.1 Å². The highest BCUT2D eigenvalue weighted by Gasteiger charge is 2.29. The minimum Gasteiger partial charge on any atom is -0.351 e. The lowest BCUT2D eigenvalue weighted by molar-refractivity contribution is 0.184. The third-order valence-corrected chi connectivity index (χ3v) is 6.41. The van der Waals surface area contributed by atoms with Gasteiger partial charge in [-0.1, -0.05) is 36.4 Å². The van der Waals surface area contributed by atoms with Crippen LogP contribution in [-0.4, -0.2) is 46.8 Å². The van der Waals surface area contributed by atoms with E-state index < -0.39 is 0 Å². The van der Waals surface area contributed by atoms with E-state index in [1.165, 1.54) is 0 Å². The molecule has 1 aliphatic heterocycles. The first kappa shape index (κ1) is 25.4. The molecular formula is C28H24ClN7O. The van der Waals surface area contributed by atoms with Crippen LogP contribution in [0.1, 0.15) is 18.1 Å². The predicted octanol–water partition coefficient (Wildman–Crippen LogP) is 5.20. The first-order valence-electron chi connectivity index (χ1n) is 11.7. The Morgan fingerprint density at radius 2 is 1.51 bits per heavy atom. The summed E-state index contributed by atoms with van der Waals surface area (Å²) in [5.74, 6) is 0.794. The van der Waals surface area contributed by atoms with Gasteiger partial charge in [-0.05, 0) is 43.3 Å². The number of anilines is 2. The van der Waals surface area contributed by atoms with Crippen molar-refractivity contribution in [3.63, 3.8) is 0 Å². The van der Waals surface area contributed by atoms with E-state index in [0.29, 0.717) is 36.4 Å². The first-order chi connectivity index (χ1) is 17.6. The summed E-state index contributed by atoms with van der Waals surface area (Å²) in [7, 11) is 0. The average molecular weight is 510 g/mol. The number of aromatic nitrogens is 2. The van der Waals surface area contributed by atoms with Crippen LogP contribution in [0.5, 0.6) is 0 Å². The third kappa shape index (κ3) is 5.16. The fourth-order valence-electron chi connectivity index (χ4n) is 4.51. The number of nitrogens with zero attached hydrogens (tertiary/aromatic N) is 6. The summed E-state index contributed by atoms with van der Waals surface area (Å²) in [4.78, 5) is 16.9. The Balaban J connectivity index is 0.00000320. The summed E-state index contributed by atoms with van der Waals surface area (Å²) < 4.78 is 0. The normalized spacial score (nSPS) is 14.8. The summed E-state index contributed by atoms with van der Waals surface area (Å²) in [5, 5.41) is 32.1. The standard InChI is InChI=1S/C28H23N7O.ClH/c1-19-18-34(14-15-35(19)28(36)31-23-12-8-21(17-30)9-13-23)27-25-5-3-2-4-24(25)26(32-33-27)22-10-6-20(16-29)7-11-22;/h2-13,19H,14-15,18H2,1H3,(H,31,36);1H. The zero-order valence-electron chi connectivity index (χ0n) is 20.1. The van der Waals surface area contributed by atoms with Crippen LogP contribution in [0.15, 0.2) is 72.8 Å². The zero-order valence-corrected chi connectivity index (χ0v) is 20.9. The number of piperazine rings is 1. The van der Waals surface area contributed by atoms with E-state index >= 15 is 0 Å². The molecule has 1 N–H and O–H groups in total. The lowest BCUT2D eigenvalue weighted by Gasteiger charge is -2.40. The lowest BCUT2D eigenvalue weighted by Crippen LogP contribution is -2.55. The summed E-state index contributed by atoms with van der Waals surface area (Å²) in [5.41, 5.74) is 3.48. The van der Waals surface area contributed by atoms with Gasteiger partial charge in [-0.15, -0.1) is 22.6 Å². The van der Waals surface area contributed by atoms with Gasteiger partial charge in [-0.2, -0.15) is 10.5 Å². The fraction of sp³-hybridized carbons (Fsp3) is 0.179. The van der Waals surface area contributed by atoms with E-state index in [2.05, 4.69) is 32.6 Å². The summed E-state index contributed by atoms with van der Waals surface area (Å²) in [6, 6.07) is 26.2. The van der Waals surface area contributed by atoms with Gasteiger partial charge in [0.25, 0.3) is 0 Å². The quantitative estimate of drug-likeness (QED) is 0.406. The lowest BCUT2D eigenvalue weighted by atomic mass is 10.0. The highest BCUT2D eigenvalue weighted by atomic mass is 35.5. The number of hydrogen-bond donors (Lipinski definition) is 1. The Labute approximate surface area is 221 Å². The van der Waals surface area contributed by atoms with Gasteiger partial charge < -0.3 is 15.1 Å². The molecule has 9 heteroatoms. The van der Waals surface area contributed by atoms with Crippen molar-refractivity contribution in [2.45, 2.75) is 13.0 Å². The molecule has 184 valence electrons. The highest BCUT2D eigenvalue weighted by molar-refractivity contribution is 6.00. The second kappa shape index (κ2) is 10.9. The number of rotatable bonds is 3. The van der Waals surface area contributed by atoms with Gasteiger partial charge in [-0.3, -0.25) is 0 Å². The van der Waals surface area contributed by atoms with E-state index in [4.69, 9.17) is 10.5 Å². The van der Waals surface area contributed by atoms with E-state index in [9.17, 15) is 4.79 Å². The molecule has 1 saturated heterocycles. The number of nitriles is 2. The van der Waals surface area contributed by atoms with Crippen LogP contribution >= 0.6 is 12.4 Å². The van der Waals surface area contributed by atoms with Crippen molar-refractivity contribution in [2.24, 2.45) is 0 Å². The Hall–Kier alpha value is -4.66. The molecule has 0 aliphatic carbocycles. The number of fused-ring (bicyclic) bond motifs is 1. The van der Waals surface area contributed by atoms with Gasteiger partial charge in [0.1, 0.15) is 5.69 Å². The Kier molecular flexibility index (Phi) is 7.52. The molecule has 0 radical (unpaired) electrons. The van der Waals surface area contributed by atoms with Gasteiger partial charge in [0.05, 0.1) is 23.3 Å². The molecule has 0 bridgehead atoms. The molecule has 1 atom stereocenters. The van der Waals surface area contributed by atoms with Crippen molar-refractivity contribution in [1.29, 1.82) is 10.5 Å². The molecule has 0 spiro atoms. The molecule has 1 fully saturated rings. The predicted molar refractivity (Wildman–Crippen MR) is 145 cm³/mol. The number of benzene rings is 3. The smallest absolute Gasteiger partial charge is 0.322 e. The Bertz CT molecular complexity index is 1510. The number of nitrogens with one attached hydrogen (secondary N) is 1. The van der Waals surface area contributed by atoms with Gasteiger partial charge in [0.15, 0.2) is 5.82 Å². The molecule has 1 aliphatic rings. The van der Waals surface area contributed by atoms with E-state index in [-0.39, 0.29) is 24.5 Å². The van der Waals surface area contributed by atoms with E-state index in [1.54, 1.807) is 36.4 Å². The van der Waals surface area contributed by atoms with Crippen LogP contribution in [0, 0.1) is 22.7 Å². The number of urea groups is 1. The minimum atomic E-state index is -0.168. The molecule has 4 aromatic rings. The highest BCUT2D eigenvalue weighted by Crippen LogP contribution is 2.32. The summed E-state index contributed by atoms with van der Waals surface area (Å²) in [6.45, 7) is 3.80. The number of amides is 2. The molecule has 1 unspecified atom stereocenters. The Morgan fingerprint density at radius 1 is 0.892 bits per heavy atom. The molecule has 2 amide bonds. The molecular weight excluding hydrogens is 486 g/mol. The summed E-state index contributed by atoms with van der Waals surface area (Å²) >= 11 is 0. The maximum atomic E-state index is 12.9. The number of carbonyl (C=O) groups excluding carboxylic acids is 1. The van der Waals surface area contributed by atoms with Crippen LogP contribution in [0.3, 0.4) is 0 Å². The largest absolute Gasteiger partial charge is 0.351 e. The maximum Gasteiger partial charge on any atom is 0.322 e. The zero-order chi connectivity index (χ0) is 25.1.